The fourth-order valence-corrected chi connectivity index (χ4v) is 2.60. The monoisotopic (exact) mass is 337 g/mol. The first-order valence-electron chi connectivity index (χ1n) is 7.51. The molecule has 0 atom stereocenters. The van der Waals surface area contributed by atoms with E-state index in [0.717, 1.165) is 11.1 Å². The molecule has 126 valence electrons. The van der Waals surface area contributed by atoms with Crippen LogP contribution in [0.15, 0.2) is 46.9 Å². The summed E-state index contributed by atoms with van der Waals surface area (Å²) in [4.78, 5) is 23.0. The van der Waals surface area contributed by atoms with Crippen LogP contribution in [0, 0.1) is 29.4 Å². The van der Waals surface area contributed by atoms with Gasteiger partial charge in [-0.1, -0.05) is 18.2 Å². The molecule has 2 aromatic carbocycles. The number of hydrogen-bond acceptors (Lipinski definition) is 5. The molecule has 0 radical (unpaired) electrons. The quantitative estimate of drug-likeness (QED) is 0.561. The number of fused-ring (bicyclic) bond motifs is 1. The number of nitro groups is 1. The second-order valence-electron chi connectivity index (χ2n) is 5.69. The molecule has 1 heterocycles. The highest BCUT2D eigenvalue weighted by Crippen LogP contribution is 2.22. The molecule has 7 heteroatoms. The van der Waals surface area contributed by atoms with Crippen LogP contribution in [0.4, 0.5) is 11.4 Å². The molecule has 3 aromatic rings. The Labute approximate surface area is 142 Å². The molecule has 0 aliphatic rings. The summed E-state index contributed by atoms with van der Waals surface area (Å²) in [5, 5.41) is 22.0. The average molecular weight is 337 g/mol. The number of amides is 1. The summed E-state index contributed by atoms with van der Waals surface area (Å²) < 4.78 is 5.33. The summed E-state index contributed by atoms with van der Waals surface area (Å²) in [5.74, 6) is -0.500. The molecule has 0 aliphatic heterocycles. The Hall–Kier alpha value is -3.48. The van der Waals surface area contributed by atoms with Gasteiger partial charge in [-0.05, 0) is 37.1 Å². The van der Waals surface area contributed by atoms with Gasteiger partial charge in [0.15, 0.2) is 0 Å². The number of para-hydroxylation sites is 1. The van der Waals surface area contributed by atoms with E-state index in [2.05, 4.69) is 5.32 Å². The van der Waals surface area contributed by atoms with Crippen LogP contribution in [-0.4, -0.2) is 10.8 Å². The number of rotatable bonds is 3. The molecule has 0 fully saturated rings. The highest BCUT2D eigenvalue weighted by molar-refractivity contribution is 6.06. The largest absolute Gasteiger partial charge is 0.438 e. The molecular weight excluding hydrogens is 322 g/mol. The molecule has 0 saturated heterocycles. The topological polar surface area (TPSA) is 109 Å². The molecule has 0 saturated carbocycles. The maximum atomic E-state index is 12.6. The van der Waals surface area contributed by atoms with Gasteiger partial charge in [0.25, 0.3) is 11.6 Å². The van der Waals surface area contributed by atoms with E-state index >= 15 is 0 Å². The second-order valence-corrected chi connectivity index (χ2v) is 5.69. The molecule has 0 unspecified atom stereocenters. The van der Waals surface area contributed by atoms with Crippen LogP contribution in [0.5, 0.6) is 0 Å². The SMILES string of the molecule is Cc1cccc(C)c1NC(=O)c1cc2cc([N+](=O)[O-])ccc2oc1=N. The van der Waals surface area contributed by atoms with Gasteiger partial charge in [-0.25, -0.2) is 0 Å². The van der Waals surface area contributed by atoms with Gasteiger partial charge >= 0.3 is 0 Å². The van der Waals surface area contributed by atoms with Gasteiger partial charge in [0.1, 0.15) is 11.1 Å². The van der Waals surface area contributed by atoms with E-state index in [-0.39, 0.29) is 16.8 Å². The predicted molar refractivity (Wildman–Crippen MR) is 92.6 cm³/mol. The maximum Gasteiger partial charge on any atom is 0.270 e. The van der Waals surface area contributed by atoms with Crippen LogP contribution < -0.4 is 10.9 Å². The average Bonchev–Trinajstić information content (AvgIpc) is 2.57. The maximum absolute atomic E-state index is 12.6. The number of anilines is 1. The number of hydrogen-bond donors (Lipinski definition) is 2. The number of aryl methyl sites for hydroxylation is 2. The molecule has 0 bridgehead atoms. The van der Waals surface area contributed by atoms with Crippen LogP contribution >= 0.6 is 0 Å². The van der Waals surface area contributed by atoms with Gasteiger partial charge < -0.3 is 9.73 Å². The van der Waals surface area contributed by atoms with Gasteiger partial charge in [0.2, 0.25) is 5.55 Å². The molecule has 2 N–H and O–H groups in total. The van der Waals surface area contributed by atoms with Gasteiger partial charge in [-0.3, -0.25) is 20.3 Å². The van der Waals surface area contributed by atoms with Gasteiger partial charge in [-0.2, -0.15) is 0 Å². The highest BCUT2D eigenvalue weighted by atomic mass is 16.6. The zero-order valence-corrected chi connectivity index (χ0v) is 13.6. The molecule has 25 heavy (non-hydrogen) atoms. The minimum Gasteiger partial charge on any atom is -0.438 e. The van der Waals surface area contributed by atoms with Crippen molar-refractivity contribution in [2.24, 2.45) is 0 Å². The number of non-ortho nitro benzene ring substituents is 1. The first kappa shape index (κ1) is 16.4. The Bertz CT molecular complexity index is 1050. The lowest BCUT2D eigenvalue weighted by atomic mass is 10.1. The molecule has 1 aromatic heterocycles. The number of nitrogens with zero attached hydrogens (tertiary/aromatic N) is 1. The van der Waals surface area contributed by atoms with E-state index in [4.69, 9.17) is 9.83 Å². The number of carbonyl (C=O) groups is 1. The molecular formula is C18H15N3O4. The summed E-state index contributed by atoms with van der Waals surface area (Å²) in [5.41, 5.74) is 2.37. The fraction of sp³-hybridized carbons (Fsp3) is 0.111. The van der Waals surface area contributed by atoms with Gasteiger partial charge in [0, 0.05) is 23.2 Å². The predicted octanol–water partition coefficient (Wildman–Crippen LogP) is 3.69. The second kappa shape index (κ2) is 6.20. The lowest BCUT2D eigenvalue weighted by Gasteiger charge is -2.11. The van der Waals surface area contributed by atoms with Crippen molar-refractivity contribution in [1.82, 2.24) is 0 Å². The number of carbonyl (C=O) groups excluding carboxylic acids is 1. The van der Waals surface area contributed by atoms with Gasteiger partial charge in [-0.15, -0.1) is 0 Å². The van der Waals surface area contributed by atoms with Crippen molar-refractivity contribution in [2.75, 3.05) is 5.32 Å². The Morgan fingerprint density at radius 1 is 1.16 bits per heavy atom. The van der Waals surface area contributed by atoms with Crippen molar-refractivity contribution < 1.29 is 14.1 Å². The third-order valence-electron chi connectivity index (χ3n) is 3.92. The smallest absolute Gasteiger partial charge is 0.270 e. The van der Waals surface area contributed by atoms with Crippen molar-refractivity contribution in [2.45, 2.75) is 13.8 Å². The van der Waals surface area contributed by atoms with Crippen LogP contribution in [0.2, 0.25) is 0 Å². The summed E-state index contributed by atoms with van der Waals surface area (Å²) >= 11 is 0. The number of nitrogens with one attached hydrogen (secondary N) is 2. The Balaban J connectivity index is 2.05. The lowest BCUT2D eigenvalue weighted by Crippen LogP contribution is -2.21. The zero-order valence-electron chi connectivity index (χ0n) is 13.6. The zero-order chi connectivity index (χ0) is 18.1. The van der Waals surface area contributed by atoms with Crippen LogP contribution in [0.25, 0.3) is 11.0 Å². The molecule has 1 amide bonds. The third-order valence-corrected chi connectivity index (χ3v) is 3.92. The van der Waals surface area contributed by atoms with Gasteiger partial charge in [0.05, 0.1) is 4.92 Å². The fourth-order valence-electron chi connectivity index (χ4n) is 2.60. The van der Waals surface area contributed by atoms with E-state index in [0.29, 0.717) is 16.7 Å². The minimum atomic E-state index is -0.523. The van der Waals surface area contributed by atoms with Crippen LogP contribution in [-0.2, 0) is 0 Å². The Morgan fingerprint density at radius 2 is 1.84 bits per heavy atom. The number of benzene rings is 2. The molecule has 3 rings (SSSR count). The molecule has 0 aliphatic carbocycles. The van der Waals surface area contributed by atoms with E-state index in [1.807, 2.05) is 32.0 Å². The Kier molecular flexibility index (Phi) is 4.06. The first-order valence-corrected chi connectivity index (χ1v) is 7.51. The van der Waals surface area contributed by atoms with Crippen molar-refractivity contribution in [3.05, 3.63) is 74.8 Å². The van der Waals surface area contributed by atoms with E-state index < -0.39 is 10.8 Å². The van der Waals surface area contributed by atoms with E-state index in [1.165, 1.54) is 24.3 Å². The molecule has 0 spiro atoms. The summed E-state index contributed by atoms with van der Waals surface area (Å²) in [6.07, 6.45) is 0. The molecule has 7 nitrogen and oxygen atoms in total. The minimum absolute atomic E-state index is 0.00986. The standard InChI is InChI=1S/C18H15N3O4/c1-10-4-3-5-11(2)16(10)20-18(22)14-9-12-8-13(21(23)24)6-7-15(12)25-17(14)19/h3-9,19H,1-2H3,(H,20,22). The van der Waals surface area contributed by atoms with Crippen molar-refractivity contribution in [3.8, 4) is 0 Å². The Morgan fingerprint density at radius 3 is 2.48 bits per heavy atom. The van der Waals surface area contributed by atoms with Crippen molar-refractivity contribution in [3.63, 3.8) is 0 Å². The number of nitro benzene ring substituents is 1. The van der Waals surface area contributed by atoms with Crippen molar-refractivity contribution >= 4 is 28.3 Å². The third kappa shape index (κ3) is 3.12. The summed E-state index contributed by atoms with van der Waals surface area (Å²) in [6, 6.07) is 11.1. The van der Waals surface area contributed by atoms with Crippen molar-refractivity contribution in [1.29, 1.82) is 5.41 Å². The first-order chi connectivity index (χ1) is 11.9. The summed E-state index contributed by atoms with van der Waals surface area (Å²) in [6.45, 7) is 3.75. The van der Waals surface area contributed by atoms with E-state index in [9.17, 15) is 14.9 Å². The van der Waals surface area contributed by atoms with Crippen LogP contribution in [0.1, 0.15) is 21.5 Å². The highest BCUT2D eigenvalue weighted by Gasteiger charge is 2.15. The lowest BCUT2D eigenvalue weighted by molar-refractivity contribution is -0.384. The van der Waals surface area contributed by atoms with E-state index in [1.54, 1.807) is 0 Å². The summed E-state index contributed by atoms with van der Waals surface area (Å²) in [7, 11) is 0. The normalized spacial score (nSPS) is 10.6. The van der Waals surface area contributed by atoms with Crippen LogP contribution in [0.3, 0.4) is 0 Å².